The zero-order valence-corrected chi connectivity index (χ0v) is 9.77. The number of nitrogens with one attached hydrogen (secondary N) is 1. The van der Waals surface area contributed by atoms with Gasteiger partial charge in [-0.25, -0.2) is 0 Å². The molecule has 0 aliphatic rings. The van der Waals surface area contributed by atoms with E-state index in [4.69, 9.17) is 15.2 Å². The lowest BCUT2D eigenvalue weighted by Gasteiger charge is -2.09. The fourth-order valence-electron chi connectivity index (χ4n) is 0.898. The van der Waals surface area contributed by atoms with Gasteiger partial charge in [0.1, 0.15) is 6.29 Å². The Kier molecular flexibility index (Phi) is 8.69. The van der Waals surface area contributed by atoms with Crippen LogP contribution in [-0.4, -0.2) is 50.7 Å². The molecule has 0 aromatic carbocycles. The van der Waals surface area contributed by atoms with Crippen LogP contribution in [0, 0.1) is 0 Å². The van der Waals surface area contributed by atoms with Gasteiger partial charge < -0.3 is 25.3 Å². The Balaban J connectivity index is 3.27. The molecule has 0 fully saturated rings. The number of esters is 1. The molecule has 3 N–H and O–H groups in total. The van der Waals surface area contributed by atoms with Crippen molar-refractivity contribution in [2.45, 2.75) is 26.0 Å². The van der Waals surface area contributed by atoms with Crippen molar-refractivity contribution in [2.75, 3.05) is 26.3 Å². The summed E-state index contributed by atoms with van der Waals surface area (Å²) in [5.41, 5.74) is 5.30. The summed E-state index contributed by atoms with van der Waals surface area (Å²) in [5, 5.41) is 2.85. The average Bonchev–Trinajstić information content (AvgIpc) is 2.21. The van der Waals surface area contributed by atoms with Gasteiger partial charge in [0.2, 0.25) is 0 Å². The van der Waals surface area contributed by atoms with E-state index in [9.17, 15) is 9.59 Å². The van der Waals surface area contributed by atoms with E-state index >= 15 is 0 Å². The van der Waals surface area contributed by atoms with Crippen LogP contribution in [0.5, 0.6) is 0 Å². The van der Waals surface area contributed by atoms with Crippen LogP contribution in [-0.2, 0) is 19.1 Å². The standard InChI is InChI=1S/C10H20N2O4/c1-8(2)16-10(14)5-12-3-4-15-7-9(11)6-13/h6,8-9,12H,3-5,7,11H2,1-2H3. The molecule has 0 spiro atoms. The molecule has 0 aromatic rings. The topological polar surface area (TPSA) is 90.7 Å². The lowest BCUT2D eigenvalue weighted by molar-refractivity contribution is -0.146. The molecule has 6 heteroatoms. The molecule has 0 saturated carbocycles. The summed E-state index contributed by atoms with van der Waals surface area (Å²) >= 11 is 0. The van der Waals surface area contributed by atoms with Gasteiger partial charge in [-0.1, -0.05) is 0 Å². The van der Waals surface area contributed by atoms with E-state index in [2.05, 4.69) is 5.32 Å². The molecular formula is C10H20N2O4. The van der Waals surface area contributed by atoms with Crippen molar-refractivity contribution in [1.29, 1.82) is 0 Å². The third-order valence-electron chi connectivity index (χ3n) is 1.54. The second-order valence-electron chi connectivity index (χ2n) is 3.59. The molecule has 6 nitrogen and oxygen atoms in total. The fourth-order valence-corrected chi connectivity index (χ4v) is 0.898. The van der Waals surface area contributed by atoms with Crippen LogP contribution >= 0.6 is 0 Å². The van der Waals surface area contributed by atoms with Gasteiger partial charge >= 0.3 is 5.97 Å². The summed E-state index contributed by atoms with van der Waals surface area (Å²) in [6, 6.07) is -0.578. The molecule has 0 heterocycles. The van der Waals surface area contributed by atoms with Crippen molar-refractivity contribution >= 4 is 12.3 Å². The predicted octanol–water partition coefficient (Wildman–Crippen LogP) is -0.930. The SMILES string of the molecule is CC(C)OC(=O)CNCCOCC(N)C=O. The first-order valence-corrected chi connectivity index (χ1v) is 5.25. The fraction of sp³-hybridized carbons (Fsp3) is 0.800. The molecule has 0 radical (unpaired) electrons. The molecule has 0 bridgehead atoms. The highest BCUT2D eigenvalue weighted by Gasteiger charge is 2.04. The lowest BCUT2D eigenvalue weighted by atomic mass is 10.4. The number of carbonyl (C=O) groups excluding carboxylic acids is 2. The van der Waals surface area contributed by atoms with E-state index in [0.29, 0.717) is 19.4 Å². The zero-order valence-electron chi connectivity index (χ0n) is 9.77. The Morgan fingerprint density at radius 1 is 1.50 bits per heavy atom. The highest BCUT2D eigenvalue weighted by molar-refractivity contribution is 5.71. The van der Waals surface area contributed by atoms with Gasteiger partial charge in [-0.05, 0) is 13.8 Å². The minimum absolute atomic E-state index is 0.101. The molecule has 94 valence electrons. The van der Waals surface area contributed by atoms with Gasteiger partial charge in [-0.2, -0.15) is 0 Å². The predicted molar refractivity (Wildman–Crippen MR) is 59.0 cm³/mol. The smallest absolute Gasteiger partial charge is 0.320 e. The maximum atomic E-state index is 11.0. The first kappa shape index (κ1) is 15.0. The number of hydrogen-bond donors (Lipinski definition) is 2. The molecule has 0 aliphatic heterocycles. The average molecular weight is 232 g/mol. The Labute approximate surface area is 95.5 Å². The highest BCUT2D eigenvalue weighted by atomic mass is 16.5. The van der Waals surface area contributed by atoms with Crippen molar-refractivity contribution in [1.82, 2.24) is 5.32 Å². The van der Waals surface area contributed by atoms with Gasteiger partial charge in [-0.15, -0.1) is 0 Å². The summed E-state index contributed by atoms with van der Waals surface area (Å²) in [6.45, 7) is 4.85. The van der Waals surface area contributed by atoms with Crippen LogP contribution in [0.3, 0.4) is 0 Å². The second kappa shape index (κ2) is 9.26. The van der Waals surface area contributed by atoms with Gasteiger partial charge in [0.05, 0.1) is 31.9 Å². The Hall–Kier alpha value is -0.980. The normalized spacial score (nSPS) is 12.5. The summed E-state index contributed by atoms with van der Waals surface area (Å²) in [6.07, 6.45) is 0.532. The number of carbonyl (C=O) groups is 2. The van der Waals surface area contributed by atoms with Gasteiger partial charge in [0.25, 0.3) is 0 Å². The number of aldehydes is 1. The molecule has 0 aliphatic carbocycles. The molecule has 16 heavy (non-hydrogen) atoms. The van der Waals surface area contributed by atoms with Crippen LogP contribution in [0.2, 0.25) is 0 Å². The molecule has 1 unspecified atom stereocenters. The summed E-state index contributed by atoms with van der Waals surface area (Å²) in [5.74, 6) is -0.292. The van der Waals surface area contributed by atoms with Crippen molar-refractivity contribution in [3.05, 3.63) is 0 Å². The Morgan fingerprint density at radius 3 is 2.75 bits per heavy atom. The molecule has 1 atom stereocenters. The summed E-state index contributed by atoms with van der Waals surface area (Å²) < 4.78 is 9.98. The minimum atomic E-state index is -0.578. The van der Waals surface area contributed by atoms with E-state index in [1.54, 1.807) is 13.8 Å². The number of ether oxygens (including phenoxy) is 2. The van der Waals surface area contributed by atoms with E-state index in [1.807, 2.05) is 0 Å². The van der Waals surface area contributed by atoms with Gasteiger partial charge in [-0.3, -0.25) is 4.79 Å². The van der Waals surface area contributed by atoms with Crippen molar-refractivity contribution < 1.29 is 19.1 Å². The van der Waals surface area contributed by atoms with Crippen LogP contribution < -0.4 is 11.1 Å². The molecule has 0 amide bonds. The number of nitrogens with two attached hydrogens (primary N) is 1. The lowest BCUT2D eigenvalue weighted by Crippen LogP contribution is -2.32. The molecule has 0 rings (SSSR count). The quantitative estimate of drug-likeness (QED) is 0.303. The van der Waals surface area contributed by atoms with Crippen LogP contribution in [0.15, 0.2) is 0 Å². The zero-order chi connectivity index (χ0) is 12.4. The summed E-state index contributed by atoms with van der Waals surface area (Å²) in [4.78, 5) is 21.2. The second-order valence-corrected chi connectivity index (χ2v) is 3.59. The Bertz CT molecular complexity index is 209. The van der Waals surface area contributed by atoms with Crippen molar-refractivity contribution in [3.63, 3.8) is 0 Å². The van der Waals surface area contributed by atoms with E-state index in [1.165, 1.54) is 0 Å². The Morgan fingerprint density at radius 2 is 2.19 bits per heavy atom. The van der Waals surface area contributed by atoms with E-state index in [-0.39, 0.29) is 25.2 Å². The highest BCUT2D eigenvalue weighted by Crippen LogP contribution is 1.87. The van der Waals surface area contributed by atoms with E-state index in [0.717, 1.165) is 0 Å². The van der Waals surface area contributed by atoms with Crippen molar-refractivity contribution in [2.24, 2.45) is 5.73 Å². The van der Waals surface area contributed by atoms with Crippen LogP contribution in [0.25, 0.3) is 0 Å². The maximum Gasteiger partial charge on any atom is 0.320 e. The molecule has 0 aromatic heterocycles. The molecule has 0 saturated heterocycles. The third-order valence-corrected chi connectivity index (χ3v) is 1.54. The first-order chi connectivity index (χ1) is 7.56. The monoisotopic (exact) mass is 232 g/mol. The van der Waals surface area contributed by atoms with Gasteiger partial charge in [0, 0.05) is 6.54 Å². The van der Waals surface area contributed by atoms with Crippen LogP contribution in [0.1, 0.15) is 13.8 Å². The first-order valence-electron chi connectivity index (χ1n) is 5.25. The van der Waals surface area contributed by atoms with Gasteiger partial charge in [0.15, 0.2) is 0 Å². The minimum Gasteiger partial charge on any atom is -0.462 e. The molecular weight excluding hydrogens is 212 g/mol. The number of rotatable bonds is 9. The largest absolute Gasteiger partial charge is 0.462 e. The van der Waals surface area contributed by atoms with E-state index < -0.39 is 6.04 Å². The summed E-state index contributed by atoms with van der Waals surface area (Å²) in [7, 11) is 0. The maximum absolute atomic E-state index is 11.0. The third kappa shape index (κ3) is 9.57. The van der Waals surface area contributed by atoms with Crippen LogP contribution in [0.4, 0.5) is 0 Å². The van der Waals surface area contributed by atoms with Crippen molar-refractivity contribution in [3.8, 4) is 0 Å². The number of hydrogen-bond acceptors (Lipinski definition) is 6.